The van der Waals surface area contributed by atoms with Crippen molar-refractivity contribution in [2.75, 3.05) is 0 Å². The molecule has 0 aliphatic carbocycles. The lowest BCUT2D eigenvalue weighted by Gasteiger charge is -2.09. The fraction of sp³-hybridized carbons (Fsp3) is 0.222. The summed E-state index contributed by atoms with van der Waals surface area (Å²) in [6.45, 7) is -0.339. The average Bonchev–Trinajstić information content (AvgIpc) is 2.14. The lowest BCUT2D eigenvalue weighted by molar-refractivity contribution is -0.274. The van der Waals surface area contributed by atoms with E-state index in [1.807, 2.05) is 0 Å². The second-order valence-electron chi connectivity index (χ2n) is 2.68. The molecule has 0 radical (unpaired) electrons. The molecule has 0 unspecified atom stereocenters. The molecule has 0 saturated heterocycles. The van der Waals surface area contributed by atoms with Gasteiger partial charge in [-0.1, -0.05) is 0 Å². The first-order valence-corrected chi connectivity index (χ1v) is 3.97. The summed E-state index contributed by atoms with van der Waals surface area (Å²) in [4.78, 5) is 0. The van der Waals surface area contributed by atoms with Crippen molar-refractivity contribution in [2.45, 2.75) is 13.0 Å². The summed E-state index contributed by atoms with van der Waals surface area (Å²) >= 11 is 0. The molecule has 0 amide bonds. The Balaban J connectivity index is 2.79. The Morgan fingerprint density at radius 3 is 2.50 bits per heavy atom. The summed E-state index contributed by atoms with van der Waals surface area (Å²) in [7, 11) is 0. The second kappa shape index (κ2) is 4.70. The molecular formula is C9H5F4NO2. The Morgan fingerprint density at radius 2 is 2.00 bits per heavy atom. The van der Waals surface area contributed by atoms with Crippen molar-refractivity contribution in [3.63, 3.8) is 0 Å². The third-order valence-electron chi connectivity index (χ3n) is 1.55. The minimum atomic E-state index is -4.86. The molecule has 1 rings (SSSR count). The minimum absolute atomic E-state index is 0.0314. The molecule has 0 heterocycles. The minimum Gasteiger partial charge on any atom is -0.423 e. The zero-order valence-electron chi connectivity index (χ0n) is 7.71. The summed E-state index contributed by atoms with van der Waals surface area (Å²) < 4.78 is 56.1. The van der Waals surface area contributed by atoms with Crippen LogP contribution >= 0.6 is 0 Å². The topological polar surface area (TPSA) is 42.2 Å². The van der Waals surface area contributed by atoms with Gasteiger partial charge in [-0.15, -0.1) is 13.2 Å². The summed E-state index contributed by atoms with van der Waals surface area (Å²) in [6, 6.07) is 2.56. The van der Waals surface area contributed by atoms with Gasteiger partial charge < -0.3 is 9.47 Å². The van der Waals surface area contributed by atoms with E-state index in [-0.39, 0.29) is 12.2 Å². The van der Waals surface area contributed by atoms with Crippen LogP contribution in [-0.2, 0) is 11.3 Å². The van der Waals surface area contributed by atoms with Crippen molar-refractivity contribution in [3.05, 3.63) is 29.6 Å². The van der Waals surface area contributed by atoms with Crippen molar-refractivity contribution in [2.24, 2.45) is 0 Å². The molecule has 0 aliphatic heterocycles. The van der Waals surface area contributed by atoms with Crippen LogP contribution in [0, 0.1) is 17.3 Å². The van der Waals surface area contributed by atoms with Crippen molar-refractivity contribution in [1.82, 2.24) is 0 Å². The molecule has 0 N–H and O–H groups in total. The number of hydrogen-bond acceptors (Lipinski definition) is 3. The normalized spacial score (nSPS) is 10.7. The molecule has 0 aromatic heterocycles. The molecule has 0 saturated carbocycles. The van der Waals surface area contributed by atoms with Gasteiger partial charge in [0.2, 0.25) is 0 Å². The van der Waals surface area contributed by atoms with E-state index in [2.05, 4.69) is 9.47 Å². The number of benzene rings is 1. The van der Waals surface area contributed by atoms with Gasteiger partial charge in [0.25, 0.3) is 6.26 Å². The predicted molar refractivity (Wildman–Crippen MR) is 43.5 cm³/mol. The van der Waals surface area contributed by atoms with Gasteiger partial charge in [-0.2, -0.15) is 5.26 Å². The maximum Gasteiger partial charge on any atom is 0.573 e. The molecule has 0 spiro atoms. The molecule has 0 bridgehead atoms. The standard InChI is InChI=1S/C9H5F4NO2/c10-8-3-7(16-9(11,12)13)2-1-6(8)4-15-5-14/h1-3H,4H2. The molecule has 0 aliphatic rings. The number of ether oxygens (including phenoxy) is 2. The highest BCUT2D eigenvalue weighted by atomic mass is 19.4. The maximum absolute atomic E-state index is 13.1. The van der Waals surface area contributed by atoms with Crippen molar-refractivity contribution < 1.29 is 27.0 Å². The molecule has 7 heteroatoms. The monoisotopic (exact) mass is 235 g/mol. The fourth-order valence-electron chi connectivity index (χ4n) is 0.952. The lowest BCUT2D eigenvalue weighted by atomic mass is 10.2. The summed E-state index contributed by atoms with van der Waals surface area (Å²) in [5, 5.41) is 8.06. The second-order valence-corrected chi connectivity index (χ2v) is 2.68. The summed E-state index contributed by atoms with van der Waals surface area (Å²) in [5.41, 5.74) is -0.0314. The SMILES string of the molecule is N#COCc1ccc(OC(F)(F)F)cc1F. The highest BCUT2D eigenvalue weighted by Gasteiger charge is 2.31. The van der Waals surface area contributed by atoms with Gasteiger partial charge in [0.05, 0.1) is 0 Å². The molecule has 0 atom stereocenters. The highest BCUT2D eigenvalue weighted by molar-refractivity contribution is 5.28. The predicted octanol–water partition coefficient (Wildman–Crippen LogP) is 2.72. The smallest absolute Gasteiger partial charge is 0.423 e. The molecular weight excluding hydrogens is 230 g/mol. The van der Waals surface area contributed by atoms with Crippen LogP contribution in [0.25, 0.3) is 0 Å². The van der Waals surface area contributed by atoms with Crippen LogP contribution in [0.15, 0.2) is 18.2 Å². The third kappa shape index (κ3) is 3.65. The van der Waals surface area contributed by atoms with Gasteiger partial charge in [-0.05, 0) is 12.1 Å². The molecule has 0 fully saturated rings. The quantitative estimate of drug-likeness (QED) is 0.597. The number of nitrogens with zero attached hydrogens (tertiary/aromatic N) is 1. The first kappa shape index (κ1) is 12.1. The number of halogens is 4. The Labute approximate surface area is 87.8 Å². The molecule has 1 aromatic rings. The highest BCUT2D eigenvalue weighted by Crippen LogP contribution is 2.24. The summed E-state index contributed by atoms with van der Waals surface area (Å²) in [5.74, 6) is -1.59. The van der Waals surface area contributed by atoms with E-state index in [4.69, 9.17) is 5.26 Å². The van der Waals surface area contributed by atoms with E-state index in [0.717, 1.165) is 12.1 Å². The number of rotatable bonds is 3. The van der Waals surface area contributed by atoms with Gasteiger partial charge in [-0.3, -0.25) is 0 Å². The maximum atomic E-state index is 13.1. The molecule has 1 aromatic carbocycles. The average molecular weight is 235 g/mol. The van der Waals surface area contributed by atoms with E-state index in [1.165, 1.54) is 6.26 Å². The fourth-order valence-corrected chi connectivity index (χ4v) is 0.952. The van der Waals surface area contributed by atoms with Crippen LogP contribution in [-0.4, -0.2) is 6.36 Å². The third-order valence-corrected chi connectivity index (χ3v) is 1.55. The number of hydrogen-bond donors (Lipinski definition) is 0. The first-order chi connectivity index (χ1) is 7.42. The van der Waals surface area contributed by atoms with E-state index >= 15 is 0 Å². The molecule has 86 valence electrons. The van der Waals surface area contributed by atoms with Gasteiger partial charge >= 0.3 is 6.36 Å². The van der Waals surface area contributed by atoms with Crippen molar-refractivity contribution in [1.29, 1.82) is 5.26 Å². The van der Waals surface area contributed by atoms with Gasteiger partial charge in [0.15, 0.2) is 0 Å². The zero-order valence-corrected chi connectivity index (χ0v) is 7.71. The Hall–Kier alpha value is -1.97. The van der Waals surface area contributed by atoms with Gasteiger partial charge in [0, 0.05) is 11.6 Å². The molecule has 3 nitrogen and oxygen atoms in total. The van der Waals surface area contributed by atoms with E-state index in [0.29, 0.717) is 6.07 Å². The van der Waals surface area contributed by atoms with Crippen LogP contribution < -0.4 is 4.74 Å². The Morgan fingerprint density at radius 1 is 1.31 bits per heavy atom. The summed E-state index contributed by atoms with van der Waals surface area (Å²) in [6.07, 6.45) is -3.55. The van der Waals surface area contributed by atoms with E-state index < -0.39 is 17.9 Å². The van der Waals surface area contributed by atoms with Crippen LogP contribution in [0.2, 0.25) is 0 Å². The molecule has 16 heavy (non-hydrogen) atoms. The number of alkyl halides is 3. The van der Waals surface area contributed by atoms with Crippen LogP contribution in [0.4, 0.5) is 17.6 Å². The van der Waals surface area contributed by atoms with Crippen LogP contribution in [0.3, 0.4) is 0 Å². The van der Waals surface area contributed by atoms with Crippen molar-refractivity contribution in [3.8, 4) is 12.0 Å². The van der Waals surface area contributed by atoms with E-state index in [9.17, 15) is 17.6 Å². The van der Waals surface area contributed by atoms with Gasteiger partial charge in [-0.25, -0.2) is 4.39 Å². The van der Waals surface area contributed by atoms with Crippen molar-refractivity contribution >= 4 is 0 Å². The van der Waals surface area contributed by atoms with E-state index in [1.54, 1.807) is 0 Å². The number of nitriles is 1. The van der Waals surface area contributed by atoms with Crippen LogP contribution in [0.1, 0.15) is 5.56 Å². The van der Waals surface area contributed by atoms with Crippen LogP contribution in [0.5, 0.6) is 5.75 Å². The zero-order chi connectivity index (χ0) is 12.2. The largest absolute Gasteiger partial charge is 0.573 e. The first-order valence-electron chi connectivity index (χ1n) is 3.97. The van der Waals surface area contributed by atoms with Gasteiger partial charge in [0.1, 0.15) is 18.2 Å². The Bertz CT molecular complexity index is 411. The lowest BCUT2D eigenvalue weighted by Crippen LogP contribution is -2.17. The Kier molecular flexibility index (Phi) is 3.55.